The second kappa shape index (κ2) is 8.86. The summed E-state index contributed by atoms with van der Waals surface area (Å²) in [6.07, 6.45) is 4.78. The Bertz CT molecular complexity index is 731. The van der Waals surface area contributed by atoms with Crippen LogP contribution >= 0.6 is 23.1 Å². The van der Waals surface area contributed by atoms with Gasteiger partial charge in [0.05, 0.1) is 5.25 Å². The largest absolute Gasteiger partial charge is 0.352 e. The fraction of sp³-hybridized carbons (Fsp3) is 0.526. The number of carbonyl (C=O) groups excluding carboxylic acids is 1. The first-order valence-electron chi connectivity index (χ1n) is 9.15. The molecular weight excluding hydrogens is 364 g/mol. The van der Waals surface area contributed by atoms with Crippen LogP contribution < -0.4 is 10.6 Å². The van der Waals surface area contributed by atoms with Crippen LogP contribution in [0.1, 0.15) is 45.1 Å². The molecule has 0 bridgehead atoms. The molecule has 0 spiro atoms. The van der Waals surface area contributed by atoms with Crippen LogP contribution in [0.5, 0.6) is 0 Å². The second-order valence-corrected chi connectivity index (χ2v) is 9.57. The summed E-state index contributed by atoms with van der Waals surface area (Å²) < 4.78 is 0.805. The number of amides is 1. The lowest BCUT2D eigenvalue weighted by atomic mass is 9.86. The maximum Gasteiger partial charge on any atom is 0.233 e. The van der Waals surface area contributed by atoms with E-state index in [0.717, 1.165) is 21.6 Å². The van der Waals surface area contributed by atoms with Crippen molar-refractivity contribution in [2.75, 3.05) is 5.32 Å². The number of aromatic nitrogens is 2. The topological polar surface area (TPSA) is 66.9 Å². The summed E-state index contributed by atoms with van der Waals surface area (Å²) in [4.78, 5) is 12.5. The van der Waals surface area contributed by atoms with Gasteiger partial charge >= 0.3 is 0 Å². The Morgan fingerprint density at radius 3 is 2.69 bits per heavy atom. The molecule has 2 aromatic rings. The normalized spacial score (nSPS) is 21.2. The molecule has 3 atom stereocenters. The fourth-order valence-corrected chi connectivity index (χ4v) is 5.03. The molecule has 0 unspecified atom stereocenters. The Labute approximate surface area is 163 Å². The summed E-state index contributed by atoms with van der Waals surface area (Å²) in [6.45, 7) is 6.22. The van der Waals surface area contributed by atoms with E-state index in [9.17, 15) is 4.79 Å². The van der Waals surface area contributed by atoms with Gasteiger partial charge in [0, 0.05) is 11.7 Å². The zero-order valence-electron chi connectivity index (χ0n) is 15.5. The van der Waals surface area contributed by atoms with Gasteiger partial charge in [-0.2, -0.15) is 0 Å². The van der Waals surface area contributed by atoms with E-state index >= 15 is 0 Å². The van der Waals surface area contributed by atoms with Crippen molar-refractivity contribution in [1.82, 2.24) is 15.5 Å². The van der Waals surface area contributed by atoms with Crippen LogP contribution in [-0.2, 0) is 4.79 Å². The Hall–Kier alpha value is -1.60. The third-order valence-electron chi connectivity index (χ3n) is 4.80. The molecule has 5 nitrogen and oxygen atoms in total. The first-order valence-corrected chi connectivity index (χ1v) is 10.8. The Balaban J connectivity index is 1.52. The predicted octanol–water partition coefficient (Wildman–Crippen LogP) is 4.77. The molecule has 7 heteroatoms. The summed E-state index contributed by atoms with van der Waals surface area (Å²) in [7, 11) is 0. The molecular formula is C19H26N4OS2. The number of thioether (sulfide) groups is 1. The van der Waals surface area contributed by atoms with E-state index in [2.05, 4.69) is 46.8 Å². The molecule has 1 fully saturated rings. The van der Waals surface area contributed by atoms with Gasteiger partial charge in [0.2, 0.25) is 11.0 Å². The molecule has 0 radical (unpaired) electrons. The number of anilines is 2. The Morgan fingerprint density at radius 1 is 1.23 bits per heavy atom. The predicted molar refractivity (Wildman–Crippen MR) is 109 cm³/mol. The summed E-state index contributed by atoms with van der Waals surface area (Å²) in [6, 6.07) is 8.46. The number of aryl methyl sites for hydroxylation is 1. The molecule has 0 saturated heterocycles. The van der Waals surface area contributed by atoms with Gasteiger partial charge in [-0.15, -0.1) is 10.2 Å². The highest BCUT2D eigenvalue weighted by Gasteiger charge is 2.25. The minimum atomic E-state index is -0.177. The molecule has 1 aliphatic carbocycles. The van der Waals surface area contributed by atoms with E-state index < -0.39 is 0 Å². The van der Waals surface area contributed by atoms with E-state index in [1.54, 1.807) is 0 Å². The van der Waals surface area contributed by atoms with E-state index in [0.29, 0.717) is 12.0 Å². The molecule has 2 N–H and O–H groups in total. The molecule has 1 amide bonds. The third-order valence-corrected chi connectivity index (χ3v) is 6.82. The first-order chi connectivity index (χ1) is 12.5. The van der Waals surface area contributed by atoms with Gasteiger partial charge in [0.1, 0.15) is 0 Å². The van der Waals surface area contributed by atoms with Gasteiger partial charge in [-0.3, -0.25) is 4.79 Å². The van der Waals surface area contributed by atoms with Crippen molar-refractivity contribution in [3.05, 3.63) is 29.8 Å². The van der Waals surface area contributed by atoms with Gasteiger partial charge in [0.15, 0.2) is 4.34 Å². The molecule has 1 aromatic heterocycles. The maximum absolute atomic E-state index is 12.5. The lowest BCUT2D eigenvalue weighted by molar-refractivity contribution is -0.121. The lowest BCUT2D eigenvalue weighted by Crippen LogP contribution is -2.44. The van der Waals surface area contributed by atoms with Crippen LogP contribution in [-0.4, -0.2) is 27.4 Å². The van der Waals surface area contributed by atoms with Crippen molar-refractivity contribution in [1.29, 1.82) is 0 Å². The molecule has 1 heterocycles. The summed E-state index contributed by atoms with van der Waals surface area (Å²) >= 11 is 2.94. The SMILES string of the molecule is Cc1ccc(Nc2nnc(S[C@@H](C)C(=O)N[C@H]3CCCC[C@@H]3C)s2)cc1. The van der Waals surface area contributed by atoms with E-state index in [4.69, 9.17) is 0 Å². The van der Waals surface area contributed by atoms with Gasteiger partial charge in [-0.25, -0.2) is 0 Å². The average Bonchev–Trinajstić information content (AvgIpc) is 3.06. The zero-order chi connectivity index (χ0) is 18.5. The molecule has 26 heavy (non-hydrogen) atoms. The summed E-state index contributed by atoms with van der Waals surface area (Å²) in [5.41, 5.74) is 2.21. The highest BCUT2D eigenvalue weighted by Crippen LogP contribution is 2.31. The van der Waals surface area contributed by atoms with Crippen molar-refractivity contribution in [2.24, 2.45) is 5.92 Å². The van der Waals surface area contributed by atoms with Crippen molar-refractivity contribution in [3.63, 3.8) is 0 Å². The number of nitrogens with zero attached hydrogens (tertiary/aromatic N) is 2. The highest BCUT2D eigenvalue weighted by molar-refractivity contribution is 8.02. The molecule has 1 aliphatic rings. The zero-order valence-corrected chi connectivity index (χ0v) is 17.1. The summed E-state index contributed by atoms with van der Waals surface area (Å²) in [5, 5.41) is 15.4. The number of hydrogen-bond donors (Lipinski definition) is 2. The highest BCUT2D eigenvalue weighted by atomic mass is 32.2. The van der Waals surface area contributed by atoms with Crippen LogP contribution in [0.4, 0.5) is 10.8 Å². The Kier molecular flexibility index (Phi) is 6.53. The number of hydrogen-bond acceptors (Lipinski definition) is 6. The van der Waals surface area contributed by atoms with E-state index in [1.807, 2.05) is 19.1 Å². The third kappa shape index (κ3) is 5.20. The molecule has 1 aromatic carbocycles. The van der Waals surface area contributed by atoms with Crippen molar-refractivity contribution in [2.45, 2.75) is 62.1 Å². The number of benzene rings is 1. The van der Waals surface area contributed by atoms with Crippen LogP contribution in [0.3, 0.4) is 0 Å². The smallest absolute Gasteiger partial charge is 0.233 e. The summed E-state index contributed by atoms with van der Waals surface area (Å²) in [5.74, 6) is 0.661. The number of rotatable bonds is 6. The lowest BCUT2D eigenvalue weighted by Gasteiger charge is -2.30. The minimum Gasteiger partial charge on any atom is -0.352 e. The monoisotopic (exact) mass is 390 g/mol. The maximum atomic E-state index is 12.5. The fourth-order valence-electron chi connectivity index (χ4n) is 3.10. The van der Waals surface area contributed by atoms with Gasteiger partial charge in [-0.05, 0) is 44.7 Å². The van der Waals surface area contributed by atoms with Crippen molar-refractivity contribution < 1.29 is 4.79 Å². The molecule has 0 aliphatic heterocycles. The van der Waals surface area contributed by atoms with Gasteiger partial charge < -0.3 is 10.6 Å². The van der Waals surface area contributed by atoms with Gasteiger partial charge in [0.25, 0.3) is 0 Å². The first kappa shape index (κ1) is 19.2. The minimum absolute atomic E-state index is 0.0944. The molecule has 140 valence electrons. The second-order valence-electron chi connectivity index (χ2n) is 7.00. The number of nitrogens with one attached hydrogen (secondary N) is 2. The standard InChI is InChI=1S/C19H26N4OS2/c1-12-8-10-15(11-9-12)20-18-22-23-19(26-18)25-14(3)17(24)21-16-7-5-4-6-13(16)2/h8-11,13-14,16H,4-7H2,1-3H3,(H,20,22)(H,21,24)/t13-,14-,16-/m0/s1. The van der Waals surface area contributed by atoms with Crippen molar-refractivity contribution in [3.8, 4) is 0 Å². The molecule has 1 saturated carbocycles. The quantitative estimate of drug-likeness (QED) is 0.696. The Morgan fingerprint density at radius 2 is 1.96 bits per heavy atom. The van der Waals surface area contributed by atoms with E-state index in [1.165, 1.54) is 47.9 Å². The van der Waals surface area contributed by atoms with Gasteiger partial charge in [-0.1, -0.05) is 60.6 Å². The van der Waals surface area contributed by atoms with Crippen LogP contribution in [0, 0.1) is 12.8 Å². The van der Waals surface area contributed by atoms with E-state index in [-0.39, 0.29) is 11.2 Å². The van der Waals surface area contributed by atoms with Crippen LogP contribution in [0.2, 0.25) is 0 Å². The van der Waals surface area contributed by atoms with Crippen molar-refractivity contribution >= 4 is 39.8 Å². The van der Waals surface area contributed by atoms with Crippen LogP contribution in [0.25, 0.3) is 0 Å². The average molecular weight is 391 g/mol. The van der Waals surface area contributed by atoms with Crippen LogP contribution in [0.15, 0.2) is 28.6 Å². The molecule has 3 rings (SSSR count). The number of carbonyl (C=O) groups is 1.